The smallest absolute Gasteiger partial charge is 0.225 e. The number of carbonyl (C=O) groups is 1. The lowest BCUT2D eigenvalue weighted by atomic mass is 10.2. The Morgan fingerprint density at radius 1 is 1.33 bits per heavy atom. The summed E-state index contributed by atoms with van der Waals surface area (Å²) in [7, 11) is 3.97. The second kappa shape index (κ2) is 5.75. The first kappa shape index (κ1) is 12.0. The molecule has 0 aliphatic heterocycles. The molecule has 0 aliphatic rings. The molecule has 1 aromatic rings. The van der Waals surface area contributed by atoms with E-state index < -0.39 is 0 Å². The maximum atomic E-state index is 11.3. The average Bonchev–Trinajstić information content (AvgIpc) is 2.18. The van der Waals surface area contributed by atoms with Gasteiger partial charge < -0.3 is 10.2 Å². The zero-order chi connectivity index (χ0) is 11.3. The van der Waals surface area contributed by atoms with Crippen LogP contribution in [0.15, 0.2) is 24.3 Å². The molecule has 0 heterocycles. The predicted molar refractivity (Wildman–Crippen MR) is 67.8 cm³/mol. The first-order chi connectivity index (χ1) is 7.13. The number of alkyl halides is 1. The van der Waals surface area contributed by atoms with Gasteiger partial charge in [-0.15, -0.1) is 0 Å². The number of benzene rings is 1. The number of halogens is 1. The van der Waals surface area contributed by atoms with Crippen molar-refractivity contribution in [1.29, 1.82) is 0 Å². The molecule has 15 heavy (non-hydrogen) atoms. The van der Waals surface area contributed by atoms with Gasteiger partial charge in [-0.1, -0.05) is 15.9 Å². The standard InChI is InChI=1S/C11H15BrN2O/c1-14(2)10-5-3-9(4-6-10)13-11(15)7-8-12/h3-6H,7-8H2,1-2H3,(H,13,15). The van der Waals surface area contributed by atoms with E-state index in [1.165, 1.54) is 0 Å². The summed E-state index contributed by atoms with van der Waals surface area (Å²) in [5, 5.41) is 3.51. The lowest BCUT2D eigenvalue weighted by Gasteiger charge is -2.12. The first-order valence-corrected chi connectivity index (χ1v) is 5.89. The fourth-order valence-electron chi connectivity index (χ4n) is 1.15. The maximum Gasteiger partial charge on any atom is 0.225 e. The largest absolute Gasteiger partial charge is 0.378 e. The second-order valence-corrected chi connectivity index (χ2v) is 4.22. The Morgan fingerprint density at radius 2 is 1.93 bits per heavy atom. The lowest BCUT2D eigenvalue weighted by Crippen LogP contribution is -2.12. The molecule has 4 heteroatoms. The van der Waals surface area contributed by atoms with Crippen LogP contribution in [0.1, 0.15) is 6.42 Å². The molecule has 0 unspecified atom stereocenters. The van der Waals surface area contributed by atoms with E-state index in [1.807, 2.05) is 43.3 Å². The second-order valence-electron chi connectivity index (χ2n) is 3.43. The Morgan fingerprint density at radius 3 is 2.40 bits per heavy atom. The molecular formula is C11H15BrN2O. The number of carbonyl (C=O) groups excluding carboxylic acids is 1. The minimum Gasteiger partial charge on any atom is -0.378 e. The molecule has 0 fully saturated rings. The summed E-state index contributed by atoms with van der Waals surface area (Å²) in [4.78, 5) is 13.3. The number of hydrogen-bond acceptors (Lipinski definition) is 2. The molecule has 0 radical (unpaired) electrons. The van der Waals surface area contributed by atoms with Crippen molar-refractivity contribution in [3.05, 3.63) is 24.3 Å². The molecule has 0 atom stereocenters. The van der Waals surface area contributed by atoms with E-state index >= 15 is 0 Å². The summed E-state index contributed by atoms with van der Waals surface area (Å²) in [5.41, 5.74) is 1.96. The molecule has 82 valence electrons. The SMILES string of the molecule is CN(C)c1ccc(NC(=O)CCBr)cc1. The molecule has 3 nitrogen and oxygen atoms in total. The molecule has 0 aromatic heterocycles. The van der Waals surface area contributed by atoms with Gasteiger partial charge >= 0.3 is 0 Å². The van der Waals surface area contributed by atoms with Crippen LogP contribution in [0.4, 0.5) is 11.4 Å². The number of anilines is 2. The summed E-state index contributed by atoms with van der Waals surface area (Å²) in [6.07, 6.45) is 0.495. The predicted octanol–water partition coefficient (Wildman–Crippen LogP) is 2.48. The Hall–Kier alpha value is -1.03. The Bertz CT molecular complexity index is 322. The summed E-state index contributed by atoms with van der Waals surface area (Å²) >= 11 is 3.23. The van der Waals surface area contributed by atoms with Gasteiger partial charge in [-0.2, -0.15) is 0 Å². The molecule has 1 N–H and O–H groups in total. The van der Waals surface area contributed by atoms with Crippen LogP contribution in [-0.2, 0) is 4.79 Å². The highest BCUT2D eigenvalue weighted by Crippen LogP contribution is 2.15. The van der Waals surface area contributed by atoms with Crippen molar-refractivity contribution in [3.8, 4) is 0 Å². The van der Waals surface area contributed by atoms with Gasteiger partial charge in [-0.05, 0) is 24.3 Å². The van der Waals surface area contributed by atoms with Crippen LogP contribution in [0.3, 0.4) is 0 Å². The Labute approximate surface area is 98.6 Å². The van der Waals surface area contributed by atoms with E-state index in [9.17, 15) is 4.79 Å². The van der Waals surface area contributed by atoms with Gasteiger partial charge in [0, 0.05) is 37.2 Å². The number of rotatable bonds is 4. The van der Waals surface area contributed by atoms with E-state index in [0.717, 1.165) is 11.4 Å². The Balaban J connectivity index is 2.60. The van der Waals surface area contributed by atoms with E-state index in [1.54, 1.807) is 0 Å². The first-order valence-electron chi connectivity index (χ1n) is 4.76. The van der Waals surface area contributed by atoms with Crippen molar-refractivity contribution < 1.29 is 4.79 Å². The molecule has 1 amide bonds. The molecule has 0 saturated carbocycles. The van der Waals surface area contributed by atoms with E-state index in [4.69, 9.17) is 0 Å². The normalized spacial score (nSPS) is 9.80. The van der Waals surface area contributed by atoms with Crippen LogP contribution in [0, 0.1) is 0 Å². The fourth-order valence-corrected chi connectivity index (χ4v) is 1.51. The number of nitrogens with one attached hydrogen (secondary N) is 1. The topological polar surface area (TPSA) is 32.3 Å². The summed E-state index contributed by atoms with van der Waals surface area (Å²) < 4.78 is 0. The minimum absolute atomic E-state index is 0.0319. The van der Waals surface area contributed by atoms with E-state index in [0.29, 0.717) is 11.8 Å². The van der Waals surface area contributed by atoms with Crippen molar-refractivity contribution in [1.82, 2.24) is 0 Å². The third kappa shape index (κ3) is 3.91. The van der Waals surface area contributed by atoms with Crippen molar-refractivity contribution in [2.24, 2.45) is 0 Å². The quantitative estimate of drug-likeness (QED) is 0.853. The summed E-state index contributed by atoms with van der Waals surface area (Å²) in [6, 6.07) is 7.76. The third-order valence-corrected chi connectivity index (χ3v) is 2.39. The summed E-state index contributed by atoms with van der Waals surface area (Å²) in [5.74, 6) is 0.0319. The van der Waals surface area contributed by atoms with E-state index in [2.05, 4.69) is 21.2 Å². The van der Waals surface area contributed by atoms with Crippen LogP contribution >= 0.6 is 15.9 Å². The highest BCUT2D eigenvalue weighted by atomic mass is 79.9. The molecule has 0 aliphatic carbocycles. The number of hydrogen-bond donors (Lipinski definition) is 1. The van der Waals surface area contributed by atoms with Gasteiger partial charge in [0.2, 0.25) is 5.91 Å². The van der Waals surface area contributed by atoms with Gasteiger partial charge in [0.25, 0.3) is 0 Å². The number of nitrogens with zero attached hydrogens (tertiary/aromatic N) is 1. The highest BCUT2D eigenvalue weighted by Gasteiger charge is 2.01. The minimum atomic E-state index is 0.0319. The zero-order valence-corrected chi connectivity index (χ0v) is 10.5. The molecular weight excluding hydrogens is 256 g/mol. The highest BCUT2D eigenvalue weighted by molar-refractivity contribution is 9.09. The number of amides is 1. The molecule has 1 aromatic carbocycles. The van der Waals surface area contributed by atoms with Gasteiger partial charge in [0.1, 0.15) is 0 Å². The van der Waals surface area contributed by atoms with Crippen LogP contribution in [0.25, 0.3) is 0 Å². The zero-order valence-electron chi connectivity index (χ0n) is 8.96. The fraction of sp³-hybridized carbons (Fsp3) is 0.364. The summed E-state index contributed by atoms with van der Waals surface area (Å²) in [6.45, 7) is 0. The van der Waals surface area contributed by atoms with Crippen molar-refractivity contribution in [3.63, 3.8) is 0 Å². The van der Waals surface area contributed by atoms with Crippen LogP contribution in [0.5, 0.6) is 0 Å². The molecule has 0 bridgehead atoms. The third-order valence-electron chi connectivity index (χ3n) is 1.99. The van der Waals surface area contributed by atoms with Gasteiger partial charge in [-0.25, -0.2) is 0 Å². The van der Waals surface area contributed by atoms with Crippen molar-refractivity contribution >= 4 is 33.2 Å². The van der Waals surface area contributed by atoms with Crippen molar-refractivity contribution in [2.45, 2.75) is 6.42 Å². The van der Waals surface area contributed by atoms with E-state index in [-0.39, 0.29) is 5.91 Å². The van der Waals surface area contributed by atoms with Crippen molar-refractivity contribution in [2.75, 3.05) is 29.6 Å². The Kier molecular flexibility index (Phi) is 4.62. The average molecular weight is 271 g/mol. The molecule has 1 rings (SSSR count). The van der Waals surface area contributed by atoms with Crippen LogP contribution in [-0.4, -0.2) is 25.3 Å². The molecule has 0 spiro atoms. The van der Waals surface area contributed by atoms with Crippen LogP contribution in [0.2, 0.25) is 0 Å². The molecule has 0 saturated heterocycles. The van der Waals surface area contributed by atoms with Gasteiger partial charge in [0.05, 0.1) is 0 Å². The lowest BCUT2D eigenvalue weighted by molar-refractivity contribution is -0.115. The monoisotopic (exact) mass is 270 g/mol. The van der Waals surface area contributed by atoms with Gasteiger partial charge in [-0.3, -0.25) is 4.79 Å². The van der Waals surface area contributed by atoms with Gasteiger partial charge in [0.15, 0.2) is 0 Å². The van der Waals surface area contributed by atoms with Crippen LogP contribution < -0.4 is 10.2 Å². The maximum absolute atomic E-state index is 11.3.